The molecule has 0 spiro atoms. The molecule has 2 rings (SSSR count). The van der Waals surface area contributed by atoms with Crippen molar-refractivity contribution in [3.05, 3.63) is 34.0 Å². The first kappa shape index (κ1) is 7.74. The Bertz CT molecular complexity index is 309. The van der Waals surface area contributed by atoms with E-state index in [9.17, 15) is 4.79 Å². The van der Waals surface area contributed by atoms with Gasteiger partial charge in [-0.25, -0.2) is 0 Å². The fraction of sp³-hybridized carbons (Fsp3) is 0.300. The highest BCUT2D eigenvalue weighted by atomic mass is 32.1. The zero-order valence-electron chi connectivity index (χ0n) is 6.75. The molecule has 1 nitrogen and oxygen atoms in total. The maximum absolute atomic E-state index is 10.9. The predicted octanol–water partition coefficient (Wildman–Crippen LogP) is 2.58. The molecule has 1 aliphatic carbocycles. The van der Waals surface area contributed by atoms with E-state index < -0.39 is 0 Å². The van der Waals surface area contributed by atoms with E-state index in [1.807, 2.05) is 0 Å². The first-order chi connectivity index (χ1) is 5.84. The van der Waals surface area contributed by atoms with Gasteiger partial charge >= 0.3 is 0 Å². The van der Waals surface area contributed by atoms with Crippen molar-refractivity contribution < 1.29 is 4.79 Å². The van der Waals surface area contributed by atoms with Crippen LogP contribution in [0.25, 0.3) is 0 Å². The molecular formula is C10H10OS. The summed E-state index contributed by atoms with van der Waals surface area (Å²) in [5.41, 5.74) is 2.62. The van der Waals surface area contributed by atoms with Gasteiger partial charge in [0.25, 0.3) is 0 Å². The SMILES string of the molecule is O=C1C=C(Cc2ccsc2)CC1. The number of ketones is 1. The molecule has 0 atom stereocenters. The van der Waals surface area contributed by atoms with E-state index in [1.165, 1.54) is 11.1 Å². The normalized spacial score (nSPS) is 16.7. The molecule has 1 aliphatic rings. The van der Waals surface area contributed by atoms with Crippen LogP contribution in [0.15, 0.2) is 28.5 Å². The van der Waals surface area contributed by atoms with Crippen LogP contribution < -0.4 is 0 Å². The van der Waals surface area contributed by atoms with Crippen LogP contribution in [-0.4, -0.2) is 5.78 Å². The van der Waals surface area contributed by atoms with Gasteiger partial charge in [-0.2, -0.15) is 11.3 Å². The molecule has 0 aliphatic heterocycles. The van der Waals surface area contributed by atoms with Gasteiger partial charge < -0.3 is 0 Å². The van der Waals surface area contributed by atoms with Crippen molar-refractivity contribution >= 4 is 17.1 Å². The maximum Gasteiger partial charge on any atom is 0.155 e. The monoisotopic (exact) mass is 178 g/mol. The molecule has 0 unspecified atom stereocenters. The second-order valence-corrected chi connectivity index (χ2v) is 3.86. The van der Waals surface area contributed by atoms with E-state index in [-0.39, 0.29) is 0 Å². The molecule has 0 amide bonds. The number of thiophene rings is 1. The molecule has 0 radical (unpaired) electrons. The molecule has 0 saturated carbocycles. The Morgan fingerprint density at radius 3 is 2.92 bits per heavy atom. The maximum atomic E-state index is 10.9. The molecule has 0 saturated heterocycles. The van der Waals surface area contributed by atoms with Crippen LogP contribution in [0.1, 0.15) is 18.4 Å². The summed E-state index contributed by atoms with van der Waals surface area (Å²) in [5, 5.41) is 4.22. The van der Waals surface area contributed by atoms with Gasteiger partial charge in [0, 0.05) is 6.42 Å². The van der Waals surface area contributed by atoms with Crippen molar-refractivity contribution in [2.24, 2.45) is 0 Å². The Balaban J connectivity index is 2.05. The van der Waals surface area contributed by atoms with E-state index >= 15 is 0 Å². The Morgan fingerprint density at radius 1 is 1.42 bits per heavy atom. The van der Waals surface area contributed by atoms with Gasteiger partial charge in [-0.05, 0) is 41.3 Å². The Hall–Kier alpha value is -0.890. The van der Waals surface area contributed by atoms with E-state index in [4.69, 9.17) is 0 Å². The lowest BCUT2D eigenvalue weighted by molar-refractivity contribution is -0.114. The molecule has 1 aromatic rings. The van der Waals surface area contributed by atoms with Crippen molar-refractivity contribution in [1.82, 2.24) is 0 Å². The van der Waals surface area contributed by atoms with Crippen molar-refractivity contribution in [1.29, 1.82) is 0 Å². The third-order valence-corrected chi connectivity index (χ3v) is 2.80. The number of rotatable bonds is 2. The summed E-state index contributed by atoms with van der Waals surface area (Å²) >= 11 is 1.71. The first-order valence-corrected chi connectivity index (χ1v) is 5.02. The van der Waals surface area contributed by atoms with Crippen molar-refractivity contribution in [2.45, 2.75) is 19.3 Å². The van der Waals surface area contributed by atoms with Gasteiger partial charge in [-0.3, -0.25) is 4.79 Å². The zero-order chi connectivity index (χ0) is 8.39. The summed E-state index contributed by atoms with van der Waals surface area (Å²) in [5.74, 6) is 0.292. The molecule has 0 N–H and O–H groups in total. The Labute approximate surface area is 75.7 Å². The first-order valence-electron chi connectivity index (χ1n) is 4.08. The smallest absolute Gasteiger partial charge is 0.155 e. The minimum absolute atomic E-state index is 0.292. The summed E-state index contributed by atoms with van der Waals surface area (Å²) < 4.78 is 0. The van der Waals surface area contributed by atoms with Crippen molar-refractivity contribution in [3.8, 4) is 0 Å². The van der Waals surface area contributed by atoms with Gasteiger partial charge in [0.15, 0.2) is 5.78 Å². The molecule has 0 bridgehead atoms. The highest BCUT2D eigenvalue weighted by Crippen LogP contribution is 2.20. The summed E-state index contributed by atoms with van der Waals surface area (Å²) in [7, 11) is 0. The lowest BCUT2D eigenvalue weighted by Gasteiger charge is -1.96. The third-order valence-electron chi connectivity index (χ3n) is 2.07. The number of hydrogen-bond donors (Lipinski definition) is 0. The summed E-state index contributed by atoms with van der Waals surface area (Å²) in [6, 6.07) is 2.12. The number of allylic oxidation sites excluding steroid dienone is 2. The van der Waals surface area contributed by atoms with Crippen LogP contribution in [-0.2, 0) is 11.2 Å². The van der Waals surface area contributed by atoms with Gasteiger partial charge in [0.1, 0.15) is 0 Å². The van der Waals surface area contributed by atoms with E-state index in [0.717, 1.165) is 19.3 Å². The average Bonchev–Trinajstić information content (AvgIpc) is 2.63. The zero-order valence-corrected chi connectivity index (χ0v) is 7.56. The lowest BCUT2D eigenvalue weighted by atomic mass is 10.1. The Morgan fingerprint density at radius 2 is 2.33 bits per heavy atom. The van der Waals surface area contributed by atoms with Crippen molar-refractivity contribution in [3.63, 3.8) is 0 Å². The molecule has 12 heavy (non-hydrogen) atoms. The van der Waals surface area contributed by atoms with Crippen LogP contribution in [0.4, 0.5) is 0 Å². The van der Waals surface area contributed by atoms with E-state index in [1.54, 1.807) is 17.4 Å². The quantitative estimate of drug-likeness (QED) is 0.680. The summed E-state index contributed by atoms with van der Waals surface area (Å²) in [4.78, 5) is 10.9. The minimum Gasteiger partial charge on any atom is -0.295 e. The van der Waals surface area contributed by atoms with Gasteiger partial charge in [-0.15, -0.1) is 0 Å². The van der Waals surface area contributed by atoms with Crippen LogP contribution in [0.3, 0.4) is 0 Å². The third kappa shape index (κ3) is 1.64. The fourth-order valence-corrected chi connectivity index (χ4v) is 2.12. The van der Waals surface area contributed by atoms with Crippen LogP contribution in [0, 0.1) is 0 Å². The number of hydrogen-bond acceptors (Lipinski definition) is 2. The van der Waals surface area contributed by atoms with Crippen LogP contribution in [0.5, 0.6) is 0 Å². The molecular weight excluding hydrogens is 168 g/mol. The summed E-state index contributed by atoms with van der Waals surface area (Å²) in [6.07, 6.45) is 4.46. The molecule has 1 aromatic heterocycles. The van der Waals surface area contributed by atoms with E-state index in [2.05, 4.69) is 16.8 Å². The van der Waals surface area contributed by atoms with Crippen LogP contribution >= 0.6 is 11.3 Å². The molecule has 2 heteroatoms. The number of carbonyl (C=O) groups is 1. The highest BCUT2D eigenvalue weighted by Gasteiger charge is 2.11. The average molecular weight is 178 g/mol. The second kappa shape index (κ2) is 3.23. The minimum atomic E-state index is 0.292. The molecule has 0 aromatic carbocycles. The van der Waals surface area contributed by atoms with Gasteiger partial charge in [0.05, 0.1) is 0 Å². The van der Waals surface area contributed by atoms with E-state index in [0.29, 0.717) is 5.78 Å². The molecule has 62 valence electrons. The van der Waals surface area contributed by atoms with Crippen LogP contribution in [0.2, 0.25) is 0 Å². The molecule has 0 fully saturated rings. The molecule has 1 heterocycles. The Kier molecular flexibility index (Phi) is 2.09. The standard InChI is InChI=1S/C10H10OS/c11-10-2-1-8(6-10)5-9-3-4-12-7-9/h3-4,6-7H,1-2,5H2. The topological polar surface area (TPSA) is 17.1 Å². The number of carbonyl (C=O) groups excluding carboxylic acids is 1. The van der Waals surface area contributed by atoms with Gasteiger partial charge in [-0.1, -0.05) is 5.57 Å². The predicted molar refractivity (Wildman–Crippen MR) is 50.3 cm³/mol. The largest absolute Gasteiger partial charge is 0.295 e. The second-order valence-electron chi connectivity index (χ2n) is 3.08. The summed E-state index contributed by atoms with van der Waals surface area (Å²) in [6.45, 7) is 0. The van der Waals surface area contributed by atoms with Gasteiger partial charge in [0.2, 0.25) is 0 Å². The highest BCUT2D eigenvalue weighted by molar-refractivity contribution is 7.07. The lowest BCUT2D eigenvalue weighted by Crippen LogP contribution is -1.83. The fourth-order valence-electron chi connectivity index (χ4n) is 1.45. The van der Waals surface area contributed by atoms with Crippen molar-refractivity contribution in [2.75, 3.05) is 0 Å².